The Bertz CT molecular complexity index is 534. The van der Waals surface area contributed by atoms with Gasteiger partial charge in [-0.15, -0.1) is 12.4 Å². The molecule has 3 nitrogen and oxygen atoms in total. The summed E-state index contributed by atoms with van der Waals surface area (Å²) < 4.78 is 18.8. The maximum atomic E-state index is 13.4. The molecule has 0 fully saturated rings. The minimum Gasteiger partial charge on any atom is -0.436 e. The Hall–Kier alpha value is -1.65. The van der Waals surface area contributed by atoms with Gasteiger partial charge < -0.3 is 10.5 Å². The quantitative estimate of drug-likeness (QED) is 0.930. The van der Waals surface area contributed by atoms with Crippen LogP contribution in [0, 0.1) is 12.7 Å². The van der Waals surface area contributed by atoms with E-state index in [1.807, 2.05) is 13.0 Å². The molecule has 1 heterocycles. The molecule has 0 radical (unpaired) electrons. The second-order valence-corrected chi connectivity index (χ2v) is 3.70. The van der Waals surface area contributed by atoms with Crippen LogP contribution in [0.4, 0.5) is 4.39 Å². The van der Waals surface area contributed by atoms with Crippen LogP contribution in [0.1, 0.15) is 11.1 Å². The van der Waals surface area contributed by atoms with Crippen molar-refractivity contribution in [3.8, 4) is 11.6 Å². The fourth-order valence-electron chi connectivity index (χ4n) is 1.47. The van der Waals surface area contributed by atoms with Crippen LogP contribution in [-0.2, 0) is 6.54 Å². The van der Waals surface area contributed by atoms with Gasteiger partial charge in [-0.05, 0) is 30.7 Å². The summed E-state index contributed by atoms with van der Waals surface area (Å²) in [7, 11) is 0. The normalized spacial score (nSPS) is 9.72. The highest BCUT2D eigenvalue weighted by Crippen LogP contribution is 2.25. The van der Waals surface area contributed by atoms with Crippen LogP contribution in [0.25, 0.3) is 0 Å². The van der Waals surface area contributed by atoms with Gasteiger partial charge in [0.15, 0.2) is 11.6 Å². The van der Waals surface area contributed by atoms with Crippen LogP contribution in [0.5, 0.6) is 11.6 Å². The van der Waals surface area contributed by atoms with Crippen molar-refractivity contribution in [1.82, 2.24) is 4.98 Å². The predicted molar refractivity (Wildman–Crippen MR) is 70.6 cm³/mol. The second-order valence-electron chi connectivity index (χ2n) is 3.70. The van der Waals surface area contributed by atoms with Gasteiger partial charge in [0.05, 0.1) is 0 Å². The lowest BCUT2D eigenvalue weighted by molar-refractivity contribution is 0.424. The smallest absolute Gasteiger partial charge is 0.222 e. The van der Waals surface area contributed by atoms with Gasteiger partial charge in [-0.25, -0.2) is 9.37 Å². The monoisotopic (exact) mass is 268 g/mol. The second kappa shape index (κ2) is 6.33. The summed E-state index contributed by atoms with van der Waals surface area (Å²) in [6.45, 7) is 2.27. The lowest BCUT2D eigenvalue weighted by Gasteiger charge is -2.08. The first kappa shape index (κ1) is 14.4. The molecular formula is C13H14ClFN2O. The molecule has 96 valence electrons. The van der Waals surface area contributed by atoms with Crippen molar-refractivity contribution in [3.05, 3.63) is 53.5 Å². The average molecular weight is 269 g/mol. The third-order valence-corrected chi connectivity index (χ3v) is 2.37. The first-order valence-electron chi connectivity index (χ1n) is 5.28. The molecule has 0 aliphatic rings. The number of nitrogens with zero attached hydrogens (tertiary/aromatic N) is 1. The van der Waals surface area contributed by atoms with Crippen LogP contribution in [0.3, 0.4) is 0 Å². The van der Waals surface area contributed by atoms with E-state index < -0.39 is 5.82 Å². The van der Waals surface area contributed by atoms with Crippen LogP contribution in [-0.4, -0.2) is 4.98 Å². The van der Waals surface area contributed by atoms with Gasteiger partial charge in [0, 0.05) is 18.3 Å². The SMILES string of the molecule is Cc1cc(CN)cnc1Oc1ccccc1F.Cl. The molecule has 1 aromatic heterocycles. The highest BCUT2D eigenvalue weighted by Gasteiger charge is 2.07. The maximum Gasteiger partial charge on any atom is 0.222 e. The van der Waals surface area contributed by atoms with Crippen LogP contribution < -0.4 is 10.5 Å². The number of aromatic nitrogens is 1. The topological polar surface area (TPSA) is 48.1 Å². The zero-order valence-electron chi connectivity index (χ0n) is 9.89. The molecule has 2 N–H and O–H groups in total. The largest absolute Gasteiger partial charge is 0.436 e. The van der Waals surface area contributed by atoms with E-state index in [0.29, 0.717) is 12.4 Å². The van der Waals surface area contributed by atoms with Crippen molar-refractivity contribution in [1.29, 1.82) is 0 Å². The lowest BCUT2D eigenvalue weighted by atomic mass is 10.2. The molecule has 0 bridgehead atoms. The molecule has 18 heavy (non-hydrogen) atoms. The molecule has 0 atom stereocenters. The van der Waals surface area contributed by atoms with Crippen LogP contribution >= 0.6 is 12.4 Å². The highest BCUT2D eigenvalue weighted by atomic mass is 35.5. The summed E-state index contributed by atoms with van der Waals surface area (Å²) in [4.78, 5) is 4.12. The Balaban J connectivity index is 0.00000162. The third kappa shape index (κ3) is 3.18. The number of rotatable bonds is 3. The molecule has 0 spiro atoms. The first-order chi connectivity index (χ1) is 8.20. The number of pyridine rings is 1. The number of para-hydroxylation sites is 1. The molecule has 0 aliphatic carbocycles. The molecule has 2 aromatic rings. The number of nitrogens with two attached hydrogens (primary N) is 1. The van der Waals surface area contributed by atoms with Gasteiger partial charge in [-0.1, -0.05) is 12.1 Å². The van der Waals surface area contributed by atoms with Crippen molar-refractivity contribution in [3.63, 3.8) is 0 Å². The zero-order valence-corrected chi connectivity index (χ0v) is 10.7. The Labute approximate surface area is 111 Å². The molecular weight excluding hydrogens is 255 g/mol. The fraction of sp³-hybridized carbons (Fsp3) is 0.154. The Kier molecular flexibility index (Phi) is 5.07. The van der Waals surface area contributed by atoms with E-state index in [2.05, 4.69) is 4.98 Å². The summed E-state index contributed by atoms with van der Waals surface area (Å²) >= 11 is 0. The van der Waals surface area contributed by atoms with Crippen molar-refractivity contribution < 1.29 is 9.13 Å². The highest BCUT2D eigenvalue weighted by molar-refractivity contribution is 5.85. The van der Waals surface area contributed by atoms with Crippen LogP contribution in [0.15, 0.2) is 36.5 Å². The number of halogens is 2. The zero-order chi connectivity index (χ0) is 12.3. The van der Waals surface area contributed by atoms with E-state index in [0.717, 1.165) is 11.1 Å². The summed E-state index contributed by atoms with van der Waals surface area (Å²) in [5, 5.41) is 0. The lowest BCUT2D eigenvalue weighted by Crippen LogP contribution is -1.99. The van der Waals surface area contributed by atoms with Crippen molar-refractivity contribution in [2.24, 2.45) is 5.73 Å². The molecule has 5 heteroatoms. The van der Waals surface area contributed by atoms with E-state index >= 15 is 0 Å². The number of hydrogen-bond donors (Lipinski definition) is 1. The molecule has 0 unspecified atom stereocenters. The molecule has 0 saturated heterocycles. The molecule has 0 amide bonds. The molecule has 2 rings (SSSR count). The maximum absolute atomic E-state index is 13.4. The van der Waals surface area contributed by atoms with E-state index in [1.165, 1.54) is 6.07 Å². The van der Waals surface area contributed by atoms with E-state index in [4.69, 9.17) is 10.5 Å². The van der Waals surface area contributed by atoms with E-state index in [-0.39, 0.29) is 18.2 Å². The van der Waals surface area contributed by atoms with Gasteiger partial charge in [-0.2, -0.15) is 0 Å². The number of benzene rings is 1. The molecule has 1 aromatic carbocycles. The van der Waals surface area contributed by atoms with Gasteiger partial charge in [-0.3, -0.25) is 0 Å². The van der Waals surface area contributed by atoms with Crippen LogP contribution in [0.2, 0.25) is 0 Å². The van der Waals surface area contributed by atoms with Gasteiger partial charge >= 0.3 is 0 Å². The fourth-order valence-corrected chi connectivity index (χ4v) is 1.47. The predicted octanol–water partition coefficient (Wildman–Crippen LogP) is 3.20. The Morgan fingerprint density at radius 1 is 1.33 bits per heavy atom. The Morgan fingerprint density at radius 3 is 2.67 bits per heavy atom. The number of hydrogen-bond acceptors (Lipinski definition) is 3. The summed E-state index contributed by atoms with van der Waals surface area (Å²) in [5.74, 6) is 0.160. The van der Waals surface area contributed by atoms with E-state index in [9.17, 15) is 4.39 Å². The minimum atomic E-state index is -0.406. The third-order valence-electron chi connectivity index (χ3n) is 2.37. The molecule has 0 saturated carbocycles. The summed E-state index contributed by atoms with van der Waals surface area (Å²) in [5.41, 5.74) is 7.25. The van der Waals surface area contributed by atoms with Gasteiger partial charge in [0.2, 0.25) is 5.88 Å². The molecule has 0 aliphatic heterocycles. The number of aryl methyl sites for hydroxylation is 1. The standard InChI is InChI=1S/C13H13FN2O.ClH/c1-9-6-10(7-15)8-16-13(9)17-12-5-3-2-4-11(12)14;/h2-6,8H,7,15H2,1H3;1H. The average Bonchev–Trinajstić information content (AvgIpc) is 2.34. The van der Waals surface area contributed by atoms with Gasteiger partial charge in [0.25, 0.3) is 0 Å². The van der Waals surface area contributed by atoms with Gasteiger partial charge in [0.1, 0.15) is 0 Å². The first-order valence-corrected chi connectivity index (χ1v) is 5.28. The minimum absolute atomic E-state index is 0. The number of ether oxygens (including phenoxy) is 1. The summed E-state index contributed by atoms with van der Waals surface area (Å²) in [6.07, 6.45) is 1.63. The Morgan fingerprint density at radius 2 is 2.06 bits per heavy atom. The van der Waals surface area contributed by atoms with Crippen molar-refractivity contribution in [2.45, 2.75) is 13.5 Å². The summed E-state index contributed by atoms with van der Waals surface area (Å²) in [6, 6.07) is 8.11. The van der Waals surface area contributed by atoms with Crippen molar-refractivity contribution >= 4 is 12.4 Å². The van der Waals surface area contributed by atoms with E-state index in [1.54, 1.807) is 24.4 Å². The van der Waals surface area contributed by atoms with Crippen molar-refractivity contribution in [2.75, 3.05) is 0 Å².